The molecule has 0 fully saturated rings. The molecule has 0 aromatic rings. The molecule has 0 radical (unpaired) electrons. The van der Waals surface area contributed by atoms with Crippen LogP contribution >= 0.6 is 15.6 Å². The van der Waals surface area contributed by atoms with Gasteiger partial charge in [0.05, 0.1) is 26.4 Å². The fourth-order valence-electron chi connectivity index (χ4n) is 12.1. The van der Waals surface area contributed by atoms with E-state index in [2.05, 4.69) is 48.5 Å². The maximum atomic E-state index is 13.1. The molecule has 0 aliphatic heterocycles. The van der Waals surface area contributed by atoms with Crippen LogP contribution in [-0.2, 0) is 65.4 Å². The van der Waals surface area contributed by atoms with Gasteiger partial charge in [-0.2, -0.15) is 0 Å². The molecule has 582 valence electrons. The molecule has 3 unspecified atom stereocenters. The molecular weight excluding hydrogens is 1280 g/mol. The van der Waals surface area contributed by atoms with Crippen molar-refractivity contribution < 1.29 is 80.2 Å². The van der Waals surface area contributed by atoms with Gasteiger partial charge in [-0.1, -0.05) is 357 Å². The summed E-state index contributed by atoms with van der Waals surface area (Å²) >= 11 is 0. The number of phosphoric ester groups is 2. The van der Waals surface area contributed by atoms with E-state index in [0.717, 1.165) is 108 Å². The normalized spacial score (nSPS) is 14.3. The van der Waals surface area contributed by atoms with Gasteiger partial charge < -0.3 is 33.8 Å². The summed E-state index contributed by atoms with van der Waals surface area (Å²) in [7, 11) is -9.92. The number of hydrogen-bond acceptors (Lipinski definition) is 15. The molecule has 0 aromatic carbocycles. The van der Waals surface area contributed by atoms with Gasteiger partial charge in [-0.05, 0) is 43.4 Å². The Morgan fingerprint density at radius 2 is 0.520 bits per heavy atom. The maximum absolute atomic E-state index is 13.1. The van der Waals surface area contributed by atoms with E-state index in [-0.39, 0.29) is 25.7 Å². The second-order valence-corrected chi connectivity index (χ2v) is 32.6. The van der Waals surface area contributed by atoms with Crippen molar-refractivity contribution in [2.75, 3.05) is 39.6 Å². The molecule has 0 aromatic heterocycles. The van der Waals surface area contributed by atoms with Crippen LogP contribution < -0.4 is 0 Å². The first-order valence-corrected chi connectivity index (χ1v) is 43.9. The number of aliphatic hydroxyl groups excluding tert-OH is 1. The van der Waals surface area contributed by atoms with Crippen LogP contribution in [0.4, 0.5) is 0 Å². The van der Waals surface area contributed by atoms with Crippen molar-refractivity contribution in [3.05, 3.63) is 0 Å². The third-order valence-corrected chi connectivity index (χ3v) is 20.6. The van der Waals surface area contributed by atoms with Crippen LogP contribution in [0.25, 0.3) is 0 Å². The van der Waals surface area contributed by atoms with Gasteiger partial charge in [-0.3, -0.25) is 37.3 Å². The lowest BCUT2D eigenvalue weighted by atomic mass is 9.99. The summed E-state index contributed by atoms with van der Waals surface area (Å²) in [5.41, 5.74) is 0. The van der Waals surface area contributed by atoms with E-state index in [4.69, 9.17) is 37.0 Å². The highest BCUT2D eigenvalue weighted by Gasteiger charge is 2.30. The van der Waals surface area contributed by atoms with Gasteiger partial charge >= 0.3 is 39.5 Å². The third kappa shape index (κ3) is 71.1. The monoisotopic (exact) mass is 1440 g/mol. The van der Waals surface area contributed by atoms with Gasteiger partial charge in [0.15, 0.2) is 12.2 Å². The van der Waals surface area contributed by atoms with Gasteiger partial charge in [0.25, 0.3) is 0 Å². The standard InChI is InChI=1S/C79H154O17P2/c1-8-10-11-12-13-14-15-16-17-18-19-20-21-22-23-24-29-32-40-48-55-62-78(83)95-74(66-89-76(81)60-53-46-39-31-28-26-25-27-30-36-43-50-57-70(3)4)68-93-97(85,86)91-64-73(80)65-92-98(87,88)94-69-75(67-90-77(82)61-54-47-42-35-37-44-51-58-71(5)6)96-79(84)63-56-49-41-34-33-38-45-52-59-72(7)9-2/h70-75,80H,8-69H2,1-7H3,(H,85,86)(H,87,88)/t72?,73-,74-,75-/m1/s1. The minimum atomic E-state index is -4.96. The quantitative estimate of drug-likeness (QED) is 0.0222. The SMILES string of the molecule is CCCCCCCCCCCCCCCCCCCCCCCC(=O)O[C@H](COC(=O)CCCCCCCCCCCCCCC(C)C)COP(=O)(O)OC[C@@H](O)COP(=O)(O)OC[C@@H](COC(=O)CCCCCCCCCC(C)C)OC(=O)CCCCCCCCCCC(C)CC. The van der Waals surface area contributed by atoms with Crippen molar-refractivity contribution in [3.8, 4) is 0 Å². The highest BCUT2D eigenvalue weighted by Crippen LogP contribution is 2.45. The van der Waals surface area contributed by atoms with E-state index in [1.54, 1.807) is 0 Å². The summed E-state index contributed by atoms with van der Waals surface area (Å²) in [4.78, 5) is 72.9. The number of phosphoric acid groups is 2. The first-order valence-electron chi connectivity index (χ1n) is 40.9. The molecule has 0 aliphatic rings. The molecule has 0 saturated heterocycles. The second-order valence-electron chi connectivity index (χ2n) is 29.6. The molecular formula is C79H154O17P2. The molecule has 0 bridgehead atoms. The number of unbranched alkanes of at least 4 members (excludes halogenated alkanes) is 44. The number of esters is 4. The first kappa shape index (κ1) is 96.1. The van der Waals surface area contributed by atoms with E-state index in [1.807, 2.05) is 0 Å². The van der Waals surface area contributed by atoms with E-state index in [9.17, 15) is 43.2 Å². The van der Waals surface area contributed by atoms with Crippen LogP contribution in [0.2, 0.25) is 0 Å². The summed E-state index contributed by atoms with van der Waals surface area (Å²) in [5, 5.41) is 10.6. The molecule has 98 heavy (non-hydrogen) atoms. The molecule has 0 heterocycles. The van der Waals surface area contributed by atoms with Gasteiger partial charge in [-0.15, -0.1) is 0 Å². The van der Waals surface area contributed by atoms with Crippen molar-refractivity contribution in [3.63, 3.8) is 0 Å². The van der Waals surface area contributed by atoms with Crippen LogP contribution in [0.3, 0.4) is 0 Å². The van der Waals surface area contributed by atoms with Gasteiger partial charge in [-0.25, -0.2) is 9.13 Å². The van der Waals surface area contributed by atoms with E-state index in [1.165, 1.54) is 212 Å². The summed E-state index contributed by atoms with van der Waals surface area (Å²) < 4.78 is 68.6. The van der Waals surface area contributed by atoms with Crippen LogP contribution in [0.5, 0.6) is 0 Å². The van der Waals surface area contributed by atoms with Crippen molar-refractivity contribution in [1.29, 1.82) is 0 Å². The van der Waals surface area contributed by atoms with Crippen molar-refractivity contribution in [2.24, 2.45) is 17.8 Å². The Morgan fingerprint density at radius 1 is 0.296 bits per heavy atom. The lowest BCUT2D eigenvalue weighted by molar-refractivity contribution is -0.161. The summed E-state index contributed by atoms with van der Waals surface area (Å²) in [6.45, 7) is 11.9. The Balaban J connectivity index is 5.22. The fourth-order valence-corrected chi connectivity index (χ4v) is 13.7. The molecule has 0 rings (SSSR count). The molecule has 0 spiro atoms. The summed E-state index contributed by atoms with van der Waals surface area (Å²) in [5.74, 6) is 0.139. The summed E-state index contributed by atoms with van der Waals surface area (Å²) in [6.07, 6.45) is 57.1. The highest BCUT2D eigenvalue weighted by atomic mass is 31.2. The second kappa shape index (κ2) is 69.4. The highest BCUT2D eigenvalue weighted by molar-refractivity contribution is 7.47. The lowest BCUT2D eigenvalue weighted by Crippen LogP contribution is -2.30. The lowest BCUT2D eigenvalue weighted by Gasteiger charge is -2.21. The smallest absolute Gasteiger partial charge is 0.462 e. The molecule has 0 aliphatic carbocycles. The largest absolute Gasteiger partial charge is 0.472 e. The number of carbonyl (C=O) groups is 4. The number of aliphatic hydroxyl groups is 1. The summed E-state index contributed by atoms with van der Waals surface area (Å²) in [6, 6.07) is 0. The molecule has 17 nitrogen and oxygen atoms in total. The van der Waals surface area contributed by atoms with E-state index in [0.29, 0.717) is 31.6 Å². The van der Waals surface area contributed by atoms with E-state index >= 15 is 0 Å². The maximum Gasteiger partial charge on any atom is 0.472 e. The van der Waals surface area contributed by atoms with E-state index < -0.39 is 97.5 Å². The molecule has 19 heteroatoms. The zero-order valence-electron chi connectivity index (χ0n) is 64.3. The molecule has 0 amide bonds. The topological polar surface area (TPSA) is 237 Å². The van der Waals surface area contributed by atoms with Crippen LogP contribution in [0.1, 0.15) is 408 Å². The number of ether oxygens (including phenoxy) is 4. The van der Waals surface area contributed by atoms with Crippen LogP contribution in [0, 0.1) is 17.8 Å². The fraction of sp³-hybridized carbons (Fsp3) is 0.949. The van der Waals surface area contributed by atoms with Crippen molar-refractivity contribution in [2.45, 2.75) is 426 Å². The predicted octanol–water partition coefficient (Wildman–Crippen LogP) is 23.4. The average molecular weight is 1440 g/mol. The van der Waals surface area contributed by atoms with Gasteiger partial charge in [0.1, 0.15) is 19.3 Å². The number of rotatable bonds is 77. The third-order valence-electron chi connectivity index (χ3n) is 18.7. The molecule has 6 atom stereocenters. The van der Waals surface area contributed by atoms with Gasteiger partial charge in [0.2, 0.25) is 0 Å². The van der Waals surface area contributed by atoms with Crippen molar-refractivity contribution in [1.82, 2.24) is 0 Å². The molecule has 3 N–H and O–H groups in total. The van der Waals surface area contributed by atoms with Crippen LogP contribution in [0.15, 0.2) is 0 Å². The Bertz CT molecular complexity index is 1910. The van der Waals surface area contributed by atoms with Gasteiger partial charge in [0, 0.05) is 25.7 Å². The van der Waals surface area contributed by atoms with Crippen molar-refractivity contribution >= 4 is 39.5 Å². The first-order chi connectivity index (χ1) is 47.3. The zero-order valence-corrected chi connectivity index (χ0v) is 66.0. The molecule has 0 saturated carbocycles. The average Bonchev–Trinajstić information content (AvgIpc) is 0.965. The Labute approximate surface area is 600 Å². The van der Waals surface area contributed by atoms with Crippen LogP contribution in [-0.4, -0.2) is 96.7 Å². The Morgan fingerprint density at radius 3 is 0.776 bits per heavy atom. The minimum absolute atomic E-state index is 0.104. The number of hydrogen-bond donors (Lipinski definition) is 3. The zero-order chi connectivity index (χ0) is 72.3. The Kier molecular flexibility index (Phi) is 68.1. The number of carbonyl (C=O) groups excluding carboxylic acids is 4. The minimum Gasteiger partial charge on any atom is -0.462 e. The Hall–Kier alpha value is -1.94. The predicted molar refractivity (Wildman–Crippen MR) is 400 cm³/mol.